The molecule has 0 aliphatic heterocycles. The number of amides is 1. The van der Waals surface area contributed by atoms with Gasteiger partial charge in [-0.3, -0.25) is 14.2 Å². The predicted molar refractivity (Wildman–Crippen MR) is 137 cm³/mol. The van der Waals surface area contributed by atoms with Crippen LogP contribution in [-0.4, -0.2) is 21.4 Å². The molecule has 0 aliphatic rings. The molecule has 174 valence electrons. The van der Waals surface area contributed by atoms with Gasteiger partial charge in [-0.1, -0.05) is 66.7 Å². The van der Waals surface area contributed by atoms with Crippen molar-refractivity contribution >= 4 is 49.9 Å². The minimum atomic E-state index is -0.506. The molecular weight excluding hydrogens is 462 g/mol. The number of carbonyl (C=O) groups excluding carboxylic acids is 2. The summed E-state index contributed by atoms with van der Waals surface area (Å²) in [6.07, 6.45) is 1.34. The number of nitrogens with zero attached hydrogens (tertiary/aromatic N) is 2. The number of esters is 1. The maximum atomic E-state index is 13.2. The Hall–Kier alpha value is -4.30. The molecule has 0 atom stereocenters. The van der Waals surface area contributed by atoms with Crippen molar-refractivity contribution in [2.45, 2.75) is 20.1 Å². The lowest BCUT2D eigenvalue weighted by atomic mass is 10.1. The van der Waals surface area contributed by atoms with E-state index >= 15 is 0 Å². The third-order valence-electron chi connectivity index (χ3n) is 5.69. The van der Waals surface area contributed by atoms with Crippen LogP contribution in [-0.2, 0) is 22.7 Å². The van der Waals surface area contributed by atoms with Crippen LogP contribution in [0.3, 0.4) is 0 Å². The van der Waals surface area contributed by atoms with Crippen molar-refractivity contribution in [2.75, 3.05) is 5.32 Å². The fourth-order valence-corrected chi connectivity index (χ4v) is 4.97. The quantitative estimate of drug-likeness (QED) is 0.347. The van der Waals surface area contributed by atoms with Crippen molar-refractivity contribution in [2.24, 2.45) is 0 Å². The highest BCUT2D eigenvalue weighted by molar-refractivity contribution is 7.20. The average molecular weight is 484 g/mol. The van der Waals surface area contributed by atoms with E-state index in [1.54, 1.807) is 6.92 Å². The zero-order valence-corrected chi connectivity index (χ0v) is 19.7. The summed E-state index contributed by atoms with van der Waals surface area (Å²) < 4.78 is 6.68. The van der Waals surface area contributed by atoms with E-state index in [-0.39, 0.29) is 24.6 Å². The number of anilines is 1. The second-order valence-corrected chi connectivity index (χ2v) is 9.05. The molecule has 0 saturated carbocycles. The molecule has 0 aliphatic carbocycles. The van der Waals surface area contributed by atoms with Crippen LogP contribution in [0.2, 0.25) is 0 Å². The van der Waals surface area contributed by atoms with Crippen LogP contribution in [0, 0.1) is 6.92 Å². The van der Waals surface area contributed by atoms with E-state index in [2.05, 4.69) is 10.3 Å². The molecule has 0 bridgehead atoms. The Morgan fingerprint density at radius 3 is 2.57 bits per heavy atom. The maximum absolute atomic E-state index is 13.2. The molecule has 1 N–H and O–H groups in total. The minimum absolute atomic E-state index is 0.138. The van der Waals surface area contributed by atoms with Gasteiger partial charge in [0.25, 0.3) is 5.56 Å². The van der Waals surface area contributed by atoms with E-state index in [9.17, 15) is 14.4 Å². The Morgan fingerprint density at radius 2 is 1.74 bits per heavy atom. The third kappa shape index (κ3) is 4.56. The van der Waals surface area contributed by atoms with Crippen molar-refractivity contribution in [1.82, 2.24) is 9.55 Å². The molecule has 7 nitrogen and oxygen atoms in total. The largest absolute Gasteiger partial charge is 0.457 e. The van der Waals surface area contributed by atoms with Gasteiger partial charge in [0.05, 0.1) is 11.7 Å². The Kier molecular flexibility index (Phi) is 6.12. The zero-order valence-electron chi connectivity index (χ0n) is 18.9. The molecule has 0 saturated heterocycles. The van der Waals surface area contributed by atoms with Crippen molar-refractivity contribution < 1.29 is 14.3 Å². The summed E-state index contributed by atoms with van der Waals surface area (Å²) in [5.41, 5.74) is 1.67. The molecule has 2 aromatic heterocycles. The SMILES string of the molecule is Cc1c(C(=O)OCc2ccccc2)sc2ncn(CC(=O)Nc3cccc4ccccc34)c(=O)c12. The molecule has 0 unspecified atom stereocenters. The van der Waals surface area contributed by atoms with Crippen LogP contribution in [0.25, 0.3) is 21.0 Å². The number of aryl methyl sites for hydroxylation is 1. The van der Waals surface area contributed by atoms with E-state index in [4.69, 9.17) is 4.74 Å². The molecule has 3 aromatic carbocycles. The lowest BCUT2D eigenvalue weighted by Crippen LogP contribution is -2.28. The first-order valence-electron chi connectivity index (χ1n) is 11.0. The first-order valence-corrected chi connectivity index (χ1v) is 11.8. The van der Waals surface area contributed by atoms with Gasteiger partial charge in [0.2, 0.25) is 5.91 Å². The highest BCUT2D eigenvalue weighted by Crippen LogP contribution is 2.28. The maximum Gasteiger partial charge on any atom is 0.349 e. The van der Waals surface area contributed by atoms with Crippen LogP contribution in [0.15, 0.2) is 83.9 Å². The number of benzene rings is 3. The highest BCUT2D eigenvalue weighted by Gasteiger charge is 2.21. The number of ether oxygens (including phenoxy) is 1. The van der Waals surface area contributed by atoms with Gasteiger partial charge in [-0.25, -0.2) is 9.78 Å². The van der Waals surface area contributed by atoms with E-state index < -0.39 is 5.97 Å². The predicted octanol–water partition coefficient (Wildman–Crippen LogP) is 4.92. The van der Waals surface area contributed by atoms with E-state index in [1.165, 1.54) is 10.9 Å². The van der Waals surface area contributed by atoms with Crippen LogP contribution in [0.5, 0.6) is 0 Å². The van der Waals surface area contributed by atoms with E-state index in [1.807, 2.05) is 72.8 Å². The third-order valence-corrected chi connectivity index (χ3v) is 6.87. The van der Waals surface area contributed by atoms with Crippen molar-refractivity contribution in [3.63, 3.8) is 0 Å². The summed E-state index contributed by atoms with van der Waals surface area (Å²) in [6.45, 7) is 1.63. The molecule has 1 amide bonds. The van der Waals surface area contributed by atoms with Crippen LogP contribution >= 0.6 is 11.3 Å². The molecule has 5 aromatic rings. The molecule has 0 fully saturated rings. The zero-order chi connectivity index (χ0) is 24.4. The Bertz CT molecular complexity index is 1620. The summed E-state index contributed by atoms with van der Waals surface area (Å²) >= 11 is 1.11. The summed E-state index contributed by atoms with van der Waals surface area (Å²) in [7, 11) is 0. The molecule has 5 rings (SSSR count). The van der Waals surface area contributed by atoms with Gasteiger partial charge in [0.1, 0.15) is 22.9 Å². The van der Waals surface area contributed by atoms with Crippen molar-refractivity contribution in [1.29, 1.82) is 0 Å². The lowest BCUT2D eigenvalue weighted by Gasteiger charge is -2.10. The summed E-state index contributed by atoms with van der Waals surface area (Å²) in [4.78, 5) is 43.7. The number of carbonyl (C=O) groups is 2. The standard InChI is InChI=1S/C27H21N3O4S/c1-17-23-25(35-24(17)27(33)34-15-18-8-3-2-4-9-18)28-16-30(26(23)32)14-22(31)29-21-13-7-11-19-10-5-6-12-20(19)21/h2-13,16H,14-15H2,1H3,(H,29,31). The second-order valence-electron chi connectivity index (χ2n) is 8.05. The monoisotopic (exact) mass is 483 g/mol. The van der Waals surface area contributed by atoms with Gasteiger partial charge < -0.3 is 10.1 Å². The fraction of sp³-hybridized carbons (Fsp3) is 0.111. The van der Waals surface area contributed by atoms with Gasteiger partial charge in [-0.05, 0) is 29.5 Å². The van der Waals surface area contributed by atoms with Gasteiger partial charge in [-0.2, -0.15) is 0 Å². The van der Waals surface area contributed by atoms with Gasteiger partial charge in [-0.15, -0.1) is 11.3 Å². The molecule has 0 spiro atoms. The van der Waals surface area contributed by atoms with Gasteiger partial charge in [0.15, 0.2) is 0 Å². The molecule has 8 heteroatoms. The number of hydrogen-bond acceptors (Lipinski definition) is 6. The van der Waals surface area contributed by atoms with E-state index in [0.29, 0.717) is 26.3 Å². The number of nitrogens with one attached hydrogen (secondary N) is 1. The van der Waals surface area contributed by atoms with E-state index in [0.717, 1.165) is 27.7 Å². The Balaban J connectivity index is 1.36. The molecular formula is C27H21N3O4S. The van der Waals surface area contributed by atoms with Crippen molar-refractivity contribution in [3.05, 3.63) is 105 Å². The van der Waals surface area contributed by atoms with Crippen LogP contribution in [0.4, 0.5) is 5.69 Å². The highest BCUT2D eigenvalue weighted by atomic mass is 32.1. The smallest absolute Gasteiger partial charge is 0.349 e. The second kappa shape index (κ2) is 9.52. The average Bonchev–Trinajstić information content (AvgIpc) is 3.22. The first kappa shape index (κ1) is 22.5. The number of rotatable bonds is 6. The first-order chi connectivity index (χ1) is 17.0. The fourth-order valence-electron chi connectivity index (χ4n) is 3.93. The molecule has 35 heavy (non-hydrogen) atoms. The summed E-state index contributed by atoms with van der Waals surface area (Å²) in [5, 5.41) is 5.12. The number of fused-ring (bicyclic) bond motifs is 2. The molecule has 0 radical (unpaired) electrons. The summed E-state index contributed by atoms with van der Waals surface area (Å²) in [6, 6.07) is 22.8. The Morgan fingerprint density at radius 1 is 1.00 bits per heavy atom. The topological polar surface area (TPSA) is 90.3 Å². The molecule has 2 heterocycles. The normalized spacial score (nSPS) is 11.0. The summed E-state index contributed by atoms with van der Waals surface area (Å²) in [5.74, 6) is -0.853. The number of hydrogen-bond donors (Lipinski definition) is 1. The van der Waals surface area contributed by atoms with Gasteiger partial charge >= 0.3 is 5.97 Å². The van der Waals surface area contributed by atoms with Crippen molar-refractivity contribution in [3.8, 4) is 0 Å². The van der Waals surface area contributed by atoms with Gasteiger partial charge in [0, 0.05) is 11.1 Å². The lowest BCUT2D eigenvalue weighted by molar-refractivity contribution is -0.116. The number of thiophene rings is 1. The van der Waals surface area contributed by atoms with Crippen LogP contribution < -0.4 is 10.9 Å². The number of aromatic nitrogens is 2. The van der Waals surface area contributed by atoms with Crippen LogP contribution in [0.1, 0.15) is 20.8 Å². The minimum Gasteiger partial charge on any atom is -0.457 e. The Labute approximate surface area is 204 Å².